The van der Waals surface area contributed by atoms with Crippen molar-refractivity contribution in [1.82, 2.24) is 4.98 Å². The monoisotopic (exact) mass is 287 g/mol. The zero-order chi connectivity index (χ0) is 14.8. The third-order valence-corrected chi connectivity index (χ3v) is 4.02. The molecule has 0 spiro atoms. The largest absolute Gasteiger partial charge is 0.363 e. The first-order valence-corrected chi connectivity index (χ1v) is 7.52. The Hall–Kier alpha value is -2.81. The van der Waals surface area contributed by atoms with E-state index in [-0.39, 0.29) is 6.04 Å². The summed E-state index contributed by atoms with van der Waals surface area (Å²) in [6.07, 6.45) is 2.87. The number of rotatable bonds is 3. The van der Waals surface area contributed by atoms with Crippen LogP contribution in [0.15, 0.2) is 84.1 Å². The van der Waals surface area contributed by atoms with Crippen molar-refractivity contribution in [2.75, 3.05) is 5.01 Å². The second-order valence-electron chi connectivity index (χ2n) is 5.44. The lowest BCUT2D eigenvalue weighted by Crippen LogP contribution is -2.18. The number of nitrogens with one attached hydrogen (secondary N) is 1. The predicted octanol–water partition coefficient (Wildman–Crippen LogP) is 4.37. The first kappa shape index (κ1) is 12.9. The van der Waals surface area contributed by atoms with Gasteiger partial charge in [-0.1, -0.05) is 48.5 Å². The quantitative estimate of drug-likeness (QED) is 0.762. The molecule has 1 aromatic heterocycles. The molecule has 4 rings (SSSR count). The molecule has 3 nitrogen and oxygen atoms in total. The van der Waals surface area contributed by atoms with Gasteiger partial charge in [0.2, 0.25) is 0 Å². The van der Waals surface area contributed by atoms with Crippen LogP contribution in [-0.4, -0.2) is 10.7 Å². The Morgan fingerprint density at radius 1 is 0.864 bits per heavy atom. The van der Waals surface area contributed by atoms with Gasteiger partial charge < -0.3 is 4.98 Å². The highest BCUT2D eigenvalue weighted by molar-refractivity contribution is 6.03. The van der Waals surface area contributed by atoms with Gasteiger partial charge in [0.25, 0.3) is 0 Å². The summed E-state index contributed by atoms with van der Waals surface area (Å²) in [5, 5.41) is 7.02. The number of nitrogens with zero attached hydrogens (tertiary/aromatic N) is 2. The summed E-state index contributed by atoms with van der Waals surface area (Å²) in [5.74, 6) is 0. The topological polar surface area (TPSA) is 31.4 Å². The van der Waals surface area contributed by atoms with Crippen molar-refractivity contribution in [3.63, 3.8) is 0 Å². The fourth-order valence-corrected chi connectivity index (χ4v) is 2.93. The Balaban J connectivity index is 1.75. The van der Waals surface area contributed by atoms with Gasteiger partial charge in [0, 0.05) is 18.3 Å². The molecule has 0 saturated carbocycles. The molecule has 1 unspecified atom stereocenters. The molecule has 0 fully saturated rings. The van der Waals surface area contributed by atoms with E-state index in [1.54, 1.807) is 0 Å². The average Bonchev–Trinajstić information content (AvgIpc) is 3.26. The van der Waals surface area contributed by atoms with Crippen molar-refractivity contribution < 1.29 is 0 Å². The minimum Gasteiger partial charge on any atom is -0.363 e. The summed E-state index contributed by atoms with van der Waals surface area (Å²) in [7, 11) is 0. The number of H-pyrrole nitrogens is 1. The Kier molecular flexibility index (Phi) is 3.24. The van der Waals surface area contributed by atoms with Gasteiger partial charge in [0.1, 0.15) is 0 Å². The molecular weight excluding hydrogens is 270 g/mol. The van der Waals surface area contributed by atoms with E-state index in [0.717, 1.165) is 17.8 Å². The maximum Gasteiger partial charge on any atom is 0.0979 e. The van der Waals surface area contributed by atoms with Crippen LogP contribution in [0.25, 0.3) is 0 Å². The van der Waals surface area contributed by atoms with Crippen molar-refractivity contribution in [1.29, 1.82) is 0 Å². The SMILES string of the molecule is c1ccc(C2=NN(c3ccccc3)C(c3ccc[nH]3)C2)cc1. The summed E-state index contributed by atoms with van der Waals surface area (Å²) in [4.78, 5) is 3.34. The van der Waals surface area contributed by atoms with Crippen LogP contribution in [0.3, 0.4) is 0 Å². The molecule has 1 aliphatic heterocycles. The van der Waals surface area contributed by atoms with E-state index in [9.17, 15) is 0 Å². The summed E-state index contributed by atoms with van der Waals surface area (Å²) >= 11 is 0. The fraction of sp³-hybridized carbons (Fsp3) is 0.105. The van der Waals surface area contributed by atoms with Crippen molar-refractivity contribution in [3.8, 4) is 0 Å². The van der Waals surface area contributed by atoms with Gasteiger partial charge in [0.15, 0.2) is 0 Å². The molecule has 0 bridgehead atoms. The maximum absolute atomic E-state index is 4.90. The van der Waals surface area contributed by atoms with Crippen LogP contribution in [0.1, 0.15) is 23.7 Å². The van der Waals surface area contributed by atoms with Gasteiger partial charge >= 0.3 is 0 Å². The molecule has 0 saturated heterocycles. The van der Waals surface area contributed by atoms with Crippen LogP contribution in [0.4, 0.5) is 5.69 Å². The highest BCUT2D eigenvalue weighted by Gasteiger charge is 2.30. The molecule has 22 heavy (non-hydrogen) atoms. The summed E-state index contributed by atoms with van der Waals surface area (Å²) in [6, 6.07) is 25.1. The number of aromatic nitrogens is 1. The molecule has 1 atom stereocenters. The molecule has 3 heteroatoms. The van der Waals surface area contributed by atoms with Crippen molar-refractivity contribution in [2.24, 2.45) is 5.10 Å². The Bertz CT molecular complexity index is 761. The van der Waals surface area contributed by atoms with Crippen LogP contribution in [-0.2, 0) is 0 Å². The molecule has 2 aromatic carbocycles. The number of benzene rings is 2. The lowest BCUT2D eigenvalue weighted by atomic mass is 10.0. The number of para-hydroxylation sites is 1. The van der Waals surface area contributed by atoms with Gasteiger partial charge in [0.05, 0.1) is 17.4 Å². The van der Waals surface area contributed by atoms with Gasteiger partial charge in [-0.05, 0) is 29.8 Å². The summed E-state index contributed by atoms with van der Waals surface area (Å²) in [5.41, 5.74) is 4.63. The highest BCUT2D eigenvalue weighted by atomic mass is 15.5. The van der Waals surface area contributed by atoms with E-state index in [1.165, 1.54) is 11.3 Å². The zero-order valence-corrected chi connectivity index (χ0v) is 12.2. The van der Waals surface area contributed by atoms with E-state index in [0.29, 0.717) is 0 Å². The predicted molar refractivity (Wildman–Crippen MR) is 90.1 cm³/mol. The Morgan fingerprint density at radius 3 is 2.27 bits per heavy atom. The number of hydrogen-bond donors (Lipinski definition) is 1. The normalized spacial score (nSPS) is 17.5. The van der Waals surface area contributed by atoms with E-state index >= 15 is 0 Å². The van der Waals surface area contributed by atoms with Crippen LogP contribution in [0, 0.1) is 0 Å². The minimum absolute atomic E-state index is 0.215. The molecule has 2 heterocycles. The van der Waals surface area contributed by atoms with Crippen LogP contribution >= 0.6 is 0 Å². The van der Waals surface area contributed by atoms with Gasteiger partial charge in [-0.15, -0.1) is 0 Å². The third kappa shape index (κ3) is 2.31. The third-order valence-electron chi connectivity index (χ3n) is 4.02. The van der Waals surface area contributed by atoms with Crippen molar-refractivity contribution in [3.05, 3.63) is 90.3 Å². The fourth-order valence-electron chi connectivity index (χ4n) is 2.93. The molecule has 3 aromatic rings. The van der Waals surface area contributed by atoms with Crippen molar-refractivity contribution >= 4 is 11.4 Å². The van der Waals surface area contributed by atoms with Gasteiger partial charge in [-0.25, -0.2) is 0 Å². The smallest absolute Gasteiger partial charge is 0.0979 e. The molecule has 1 N–H and O–H groups in total. The Labute approximate surface area is 129 Å². The lowest BCUT2D eigenvalue weighted by Gasteiger charge is -2.22. The second kappa shape index (κ2) is 5.53. The van der Waals surface area contributed by atoms with E-state index in [2.05, 4.69) is 64.6 Å². The average molecular weight is 287 g/mol. The Morgan fingerprint density at radius 2 is 1.59 bits per heavy atom. The highest BCUT2D eigenvalue weighted by Crippen LogP contribution is 2.35. The summed E-state index contributed by atoms with van der Waals surface area (Å²) < 4.78 is 0. The summed E-state index contributed by atoms with van der Waals surface area (Å²) in [6.45, 7) is 0. The lowest BCUT2D eigenvalue weighted by molar-refractivity contribution is 0.691. The van der Waals surface area contributed by atoms with Gasteiger partial charge in [-0.2, -0.15) is 5.10 Å². The number of aromatic amines is 1. The number of hydrogen-bond acceptors (Lipinski definition) is 2. The molecule has 108 valence electrons. The number of anilines is 1. The minimum atomic E-state index is 0.215. The molecule has 1 aliphatic rings. The second-order valence-corrected chi connectivity index (χ2v) is 5.44. The maximum atomic E-state index is 4.90. The standard InChI is InChI=1S/C19H17N3/c1-3-8-15(9-4-1)18-14-19(17-12-7-13-20-17)22(21-18)16-10-5-2-6-11-16/h1-13,19-20H,14H2. The van der Waals surface area contributed by atoms with Crippen LogP contribution < -0.4 is 5.01 Å². The van der Waals surface area contributed by atoms with E-state index < -0.39 is 0 Å². The van der Waals surface area contributed by atoms with Crippen molar-refractivity contribution in [2.45, 2.75) is 12.5 Å². The van der Waals surface area contributed by atoms with E-state index in [1.807, 2.05) is 24.4 Å². The van der Waals surface area contributed by atoms with E-state index in [4.69, 9.17) is 5.10 Å². The molecule has 0 radical (unpaired) electrons. The molecule has 0 aliphatic carbocycles. The first-order valence-electron chi connectivity index (χ1n) is 7.52. The molecule has 0 amide bonds. The first-order chi connectivity index (χ1) is 10.9. The zero-order valence-electron chi connectivity index (χ0n) is 12.2. The number of hydrazone groups is 1. The van der Waals surface area contributed by atoms with Crippen LogP contribution in [0.2, 0.25) is 0 Å². The van der Waals surface area contributed by atoms with Gasteiger partial charge in [-0.3, -0.25) is 5.01 Å². The van der Waals surface area contributed by atoms with Crippen LogP contribution in [0.5, 0.6) is 0 Å². The molecular formula is C19H17N3.